The first-order chi connectivity index (χ1) is 6.98. The van der Waals surface area contributed by atoms with Crippen molar-refractivity contribution in [3.63, 3.8) is 0 Å². The third-order valence-corrected chi connectivity index (χ3v) is 4.62. The molecule has 1 atom stereocenters. The Morgan fingerprint density at radius 3 is 2.07 bits per heavy atom. The lowest BCUT2D eigenvalue weighted by atomic mass is 10.1. The molecule has 0 aliphatic carbocycles. The molecule has 0 aliphatic rings. The van der Waals surface area contributed by atoms with Crippen molar-refractivity contribution in [2.75, 3.05) is 14.2 Å². The SMILES string of the molecule is COP(=O)(OC)[C@@](C)(O)c1ccccc1. The second-order valence-corrected chi connectivity index (χ2v) is 5.85. The summed E-state index contributed by atoms with van der Waals surface area (Å²) in [5.74, 6) is 0. The predicted octanol–water partition coefficient (Wildman–Crippen LogP) is 2.34. The van der Waals surface area contributed by atoms with Crippen LogP contribution in [0.25, 0.3) is 0 Å². The van der Waals surface area contributed by atoms with E-state index in [1.807, 2.05) is 6.07 Å². The van der Waals surface area contributed by atoms with Gasteiger partial charge >= 0.3 is 7.60 Å². The normalized spacial score (nSPS) is 16.0. The van der Waals surface area contributed by atoms with Crippen LogP contribution in [0.2, 0.25) is 0 Å². The molecule has 1 aromatic carbocycles. The van der Waals surface area contributed by atoms with E-state index < -0.39 is 12.9 Å². The zero-order chi connectivity index (χ0) is 11.5. The summed E-state index contributed by atoms with van der Waals surface area (Å²) in [5, 5.41) is 8.55. The van der Waals surface area contributed by atoms with Crippen LogP contribution in [0.5, 0.6) is 0 Å². The van der Waals surface area contributed by atoms with Crippen LogP contribution >= 0.6 is 7.60 Å². The molecule has 0 radical (unpaired) electrons. The van der Waals surface area contributed by atoms with Gasteiger partial charge in [-0.1, -0.05) is 30.3 Å². The first kappa shape index (κ1) is 12.4. The van der Waals surface area contributed by atoms with Crippen LogP contribution in [0.4, 0.5) is 0 Å². The third-order valence-electron chi connectivity index (χ3n) is 2.33. The summed E-state index contributed by atoms with van der Waals surface area (Å²) in [6.45, 7) is 1.41. The summed E-state index contributed by atoms with van der Waals surface area (Å²) in [6, 6.07) is 8.65. The smallest absolute Gasteiger partial charge is 0.365 e. The third kappa shape index (κ3) is 2.13. The van der Waals surface area contributed by atoms with Gasteiger partial charge in [-0.3, -0.25) is 4.57 Å². The van der Waals surface area contributed by atoms with Gasteiger partial charge in [0.15, 0.2) is 5.34 Å². The van der Waals surface area contributed by atoms with Crippen LogP contribution in [-0.4, -0.2) is 19.3 Å². The summed E-state index contributed by atoms with van der Waals surface area (Å²) in [4.78, 5) is 0. The van der Waals surface area contributed by atoms with Crippen molar-refractivity contribution in [1.29, 1.82) is 0 Å². The Kier molecular flexibility index (Phi) is 3.68. The molecule has 1 aromatic rings. The molecular formula is C10H15O4P. The van der Waals surface area contributed by atoms with Gasteiger partial charge in [0.25, 0.3) is 0 Å². The van der Waals surface area contributed by atoms with Crippen molar-refractivity contribution >= 4 is 7.60 Å². The Labute approximate surface area is 89.4 Å². The van der Waals surface area contributed by atoms with E-state index in [0.29, 0.717) is 5.56 Å². The van der Waals surface area contributed by atoms with Gasteiger partial charge < -0.3 is 14.2 Å². The Balaban J connectivity index is 3.18. The molecule has 0 bridgehead atoms. The quantitative estimate of drug-likeness (QED) is 0.806. The van der Waals surface area contributed by atoms with Gasteiger partial charge in [-0.05, 0) is 12.5 Å². The second kappa shape index (κ2) is 4.45. The second-order valence-electron chi connectivity index (χ2n) is 3.25. The van der Waals surface area contributed by atoms with Crippen LogP contribution in [0.3, 0.4) is 0 Å². The summed E-state index contributed by atoms with van der Waals surface area (Å²) in [5.41, 5.74) is 0.497. The highest BCUT2D eigenvalue weighted by Crippen LogP contribution is 2.62. The Bertz CT molecular complexity index is 353. The minimum atomic E-state index is -3.55. The van der Waals surface area contributed by atoms with Crippen LogP contribution in [0.15, 0.2) is 30.3 Å². The van der Waals surface area contributed by atoms with Gasteiger partial charge in [-0.25, -0.2) is 0 Å². The van der Waals surface area contributed by atoms with Crippen molar-refractivity contribution in [2.24, 2.45) is 0 Å². The van der Waals surface area contributed by atoms with E-state index >= 15 is 0 Å². The molecule has 0 saturated heterocycles. The van der Waals surface area contributed by atoms with Gasteiger partial charge in [0.1, 0.15) is 0 Å². The van der Waals surface area contributed by atoms with E-state index in [9.17, 15) is 9.67 Å². The topological polar surface area (TPSA) is 55.8 Å². The maximum Gasteiger partial charge on any atom is 0.365 e. The Hall–Kier alpha value is -0.670. The van der Waals surface area contributed by atoms with Crippen molar-refractivity contribution in [1.82, 2.24) is 0 Å². The standard InChI is InChI=1S/C10H15O4P/c1-10(11,15(12,13-2)14-3)9-7-5-4-6-8-9/h4-8,11H,1-3H3/t10-/m1/s1. The molecule has 0 aromatic heterocycles. The molecule has 0 amide bonds. The van der Waals surface area contributed by atoms with E-state index in [-0.39, 0.29) is 0 Å². The zero-order valence-electron chi connectivity index (χ0n) is 9.01. The number of hydrogen-bond donors (Lipinski definition) is 1. The van der Waals surface area contributed by atoms with E-state index in [1.165, 1.54) is 21.1 Å². The fourth-order valence-electron chi connectivity index (χ4n) is 1.34. The molecule has 15 heavy (non-hydrogen) atoms. The van der Waals surface area contributed by atoms with Crippen LogP contribution in [0, 0.1) is 0 Å². The van der Waals surface area contributed by atoms with Gasteiger partial charge in [-0.2, -0.15) is 0 Å². The van der Waals surface area contributed by atoms with E-state index in [2.05, 4.69) is 0 Å². The van der Waals surface area contributed by atoms with Crippen molar-refractivity contribution in [2.45, 2.75) is 12.3 Å². The lowest BCUT2D eigenvalue weighted by Gasteiger charge is -2.29. The molecule has 0 heterocycles. The maximum atomic E-state index is 12.1. The molecule has 0 unspecified atom stereocenters. The largest absolute Gasteiger partial charge is 0.373 e. The van der Waals surface area contributed by atoms with Gasteiger partial charge in [0.2, 0.25) is 0 Å². The van der Waals surface area contributed by atoms with E-state index in [4.69, 9.17) is 9.05 Å². The minimum Gasteiger partial charge on any atom is -0.373 e. The summed E-state index contributed by atoms with van der Waals surface area (Å²) in [6.07, 6.45) is 0. The monoisotopic (exact) mass is 230 g/mol. The Morgan fingerprint density at radius 1 is 1.20 bits per heavy atom. The number of aliphatic hydroxyl groups is 1. The maximum absolute atomic E-state index is 12.1. The van der Waals surface area contributed by atoms with Crippen LogP contribution < -0.4 is 0 Å². The molecule has 4 nitrogen and oxygen atoms in total. The average molecular weight is 230 g/mol. The molecule has 1 rings (SSSR count). The molecule has 1 N–H and O–H groups in total. The number of rotatable bonds is 4. The molecular weight excluding hydrogens is 215 g/mol. The highest BCUT2D eigenvalue weighted by atomic mass is 31.2. The van der Waals surface area contributed by atoms with E-state index in [1.54, 1.807) is 24.3 Å². The fourth-order valence-corrected chi connectivity index (χ4v) is 2.67. The molecule has 0 aliphatic heterocycles. The summed E-state index contributed by atoms with van der Waals surface area (Å²) >= 11 is 0. The first-order valence-corrected chi connectivity index (χ1v) is 6.01. The van der Waals surface area contributed by atoms with Gasteiger partial charge in [-0.15, -0.1) is 0 Å². The molecule has 0 spiro atoms. The molecule has 0 saturated carbocycles. The predicted molar refractivity (Wildman–Crippen MR) is 57.6 cm³/mol. The van der Waals surface area contributed by atoms with E-state index in [0.717, 1.165) is 0 Å². The first-order valence-electron chi connectivity index (χ1n) is 4.47. The lowest BCUT2D eigenvalue weighted by Crippen LogP contribution is -2.23. The minimum absolute atomic E-state index is 0.497. The summed E-state index contributed by atoms with van der Waals surface area (Å²) < 4.78 is 21.7. The molecule has 5 heteroatoms. The molecule has 0 fully saturated rings. The highest BCUT2D eigenvalue weighted by Gasteiger charge is 2.45. The fraction of sp³-hybridized carbons (Fsp3) is 0.400. The summed E-state index contributed by atoms with van der Waals surface area (Å²) in [7, 11) is -1.05. The van der Waals surface area contributed by atoms with Crippen molar-refractivity contribution in [3.05, 3.63) is 35.9 Å². The van der Waals surface area contributed by atoms with Gasteiger partial charge in [0.05, 0.1) is 0 Å². The number of benzene rings is 1. The van der Waals surface area contributed by atoms with Gasteiger partial charge in [0, 0.05) is 14.2 Å². The van der Waals surface area contributed by atoms with Crippen LogP contribution in [-0.2, 0) is 19.0 Å². The average Bonchev–Trinajstić information content (AvgIpc) is 2.29. The Morgan fingerprint density at radius 2 is 1.67 bits per heavy atom. The lowest BCUT2D eigenvalue weighted by molar-refractivity contribution is 0.0932. The number of hydrogen-bond acceptors (Lipinski definition) is 4. The zero-order valence-corrected chi connectivity index (χ0v) is 9.90. The van der Waals surface area contributed by atoms with Crippen molar-refractivity contribution in [3.8, 4) is 0 Å². The van der Waals surface area contributed by atoms with Crippen LogP contribution in [0.1, 0.15) is 12.5 Å². The van der Waals surface area contributed by atoms with Crippen molar-refractivity contribution < 1.29 is 18.7 Å². The molecule has 84 valence electrons. The highest BCUT2D eigenvalue weighted by molar-refractivity contribution is 7.54.